The molecule has 0 saturated heterocycles. The number of amides is 1. The van der Waals surface area contributed by atoms with Crippen LogP contribution in [-0.4, -0.2) is 36.4 Å². The van der Waals surface area contributed by atoms with E-state index in [0.717, 1.165) is 0 Å². The summed E-state index contributed by atoms with van der Waals surface area (Å²) in [6.45, 7) is 5.03. The fourth-order valence-electron chi connectivity index (χ4n) is 1.27. The topological polar surface area (TPSA) is 78.8 Å². The van der Waals surface area contributed by atoms with Crippen LogP contribution in [0.15, 0.2) is 36.4 Å². The van der Waals surface area contributed by atoms with Gasteiger partial charge in [-0.3, -0.25) is 4.79 Å². The first-order valence-corrected chi connectivity index (χ1v) is 5.52. The number of anilines is 1. The van der Waals surface area contributed by atoms with Gasteiger partial charge in [0.25, 0.3) is 5.91 Å². The van der Waals surface area contributed by atoms with Crippen molar-refractivity contribution in [3.8, 4) is 0 Å². The van der Waals surface area contributed by atoms with E-state index in [1.807, 2.05) is 0 Å². The zero-order valence-corrected chi connectivity index (χ0v) is 10.2. The molecule has 0 saturated carbocycles. The highest BCUT2D eigenvalue weighted by Gasteiger charge is 2.16. The van der Waals surface area contributed by atoms with E-state index >= 15 is 0 Å². The fourth-order valence-corrected chi connectivity index (χ4v) is 1.27. The van der Waals surface area contributed by atoms with Gasteiger partial charge < -0.3 is 20.1 Å². The van der Waals surface area contributed by atoms with Crippen LogP contribution in [0.4, 0.5) is 5.69 Å². The lowest BCUT2D eigenvalue weighted by Gasteiger charge is -2.09. The van der Waals surface area contributed by atoms with Crippen molar-refractivity contribution in [2.75, 3.05) is 18.5 Å². The van der Waals surface area contributed by atoms with Crippen molar-refractivity contribution in [1.82, 2.24) is 0 Å². The minimum absolute atomic E-state index is 0.0452. The molecule has 18 heavy (non-hydrogen) atoms. The molecule has 0 spiro atoms. The lowest BCUT2D eigenvalue weighted by molar-refractivity contribution is -0.112. The van der Waals surface area contributed by atoms with Crippen molar-refractivity contribution in [2.45, 2.75) is 6.92 Å². The van der Waals surface area contributed by atoms with Crippen LogP contribution >= 0.6 is 0 Å². The standard InChI is InChI=1S/C12H16BNO4/c1-9(2)12(16)14-11-5-3-4-10(8-11)13(17)18-7-6-15/h3-5,8,15,17H,1,6-7H2,2H3,(H,14,16). The van der Waals surface area contributed by atoms with Gasteiger partial charge in [0, 0.05) is 11.3 Å². The third-order valence-electron chi connectivity index (χ3n) is 2.18. The summed E-state index contributed by atoms with van der Waals surface area (Å²) in [6, 6.07) is 6.65. The van der Waals surface area contributed by atoms with Gasteiger partial charge in [0.1, 0.15) is 0 Å². The Morgan fingerprint density at radius 1 is 1.56 bits per heavy atom. The molecule has 0 atom stereocenters. The number of aliphatic hydroxyl groups is 1. The first kappa shape index (κ1) is 14.4. The Bertz CT molecular complexity index is 436. The summed E-state index contributed by atoms with van der Waals surface area (Å²) in [4.78, 5) is 11.4. The molecule has 0 aliphatic heterocycles. The summed E-state index contributed by atoms with van der Waals surface area (Å²) in [5.41, 5.74) is 1.45. The van der Waals surface area contributed by atoms with E-state index in [1.165, 1.54) is 0 Å². The molecule has 96 valence electrons. The van der Waals surface area contributed by atoms with Gasteiger partial charge in [0.2, 0.25) is 0 Å². The van der Waals surface area contributed by atoms with Crippen molar-refractivity contribution in [1.29, 1.82) is 0 Å². The highest BCUT2D eigenvalue weighted by Crippen LogP contribution is 2.06. The Kier molecular flexibility index (Phi) is 5.58. The van der Waals surface area contributed by atoms with Crippen LogP contribution in [0.25, 0.3) is 0 Å². The van der Waals surface area contributed by atoms with E-state index in [0.29, 0.717) is 16.7 Å². The second-order valence-corrected chi connectivity index (χ2v) is 3.81. The van der Waals surface area contributed by atoms with Gasteiger partial charge in [0.15, 0.2) is 0 Å². The quantitative estimate of drug-likeness (QED) is 0.485. The van der Waals surface area contributed by atoms with Gasteiger partial charge in [0.05, 0.1) is 13.2 Å². The molecule has 3 N–H and O–H groups in total. The molecule has 0 fully saturated rings. The molecule has 0 radical (unpaired) electrons. The van der Waals surface area contributed by atoms with Crippen molar-refractivity contribution in [2.24, 2.45) is 0 Å². The van der Waals surface area contributed by atoms with E-state index in [2.05, 4.69) is 11.9 Å². The molecule has 0 heterocycles. The van der Waals surface area contributed by atoms with Crippen LogP contribution in [0, 0.1) is 0 Å². The molecule has 0 aliphatic rings. The summed E-state index contributed by atoms with van der Waals surface area (Å²) in [5, 5.41) is 20.9. The van der Waals surface area contributed by atoms with Gasteiger partial charge in [-0.25, -0.2) is 0 Å². The average Bonchev–Trinajstić information content (AvgIpc) is 2.36. The number of benzene rings is 1. The summed E-state index contributed by atoms with van der Waals surface area (Å²) >= 11 is 0. The van der Waals surface area contributed by atoms with E-state index < -0.39 is 7.12 Å². The Labute approximate surface area is 106 Å². The Balaban J connectivity index is 2.72. The minimum atomic E-state index is -1.13. The molecule has 1 aromatic rings. The van der Waals surface area contributed by atoms with Crippen molar-refractivity contribution in [3.05, 3.63) is 36.4 Å². The highest BCUT2D eigenvalue weighted by molar-refractivity contribution is 6.60. The summed E-state index contributed by atoms with van der Waals surface area (Å²) < 4.78 is 4.96. The third kappa shape index (κ3) is 4.33. The maximum Gasteiger partial charge on any atom is 0.491 e. The smallest absolute Gasteiger partial charge is 0.423 e. The molecule has 6 heteroatoms. The monoisotopic (exact) mass is 249 g/mol. The molecule has 0 bridgehead atoms. The molecule has 1 amide bonds. The number of nitrogens with one attached hydrogen (secondary N) is 1. The van der Waals surface area contributed by atoms with E-state index in [-0.39, 0.29) is 19.1 Å². The first-order chi connectivity index (χ1) is 8.54. The summed E-state index contributed by atoms with van der Waals surface area (Å²) in [6.07, 6.45) is 0. The Hall–Kier alpha value is -1.63. The molecular formula is C12H16BNO4. The molecule has 1 aromatic carbocycles. The summed E-state index contributed by atoms with van der Waals surface area (Å²) in [5.74, 6) is -0.280. The lowest BCUT2D eigenvalue weighted by atomic mass is 9.79. The maximum atomic E-state index is 11.4. The zero-order valence-electron chi connectivity index (χ0n) is 10.2. The number of hydrogen-bond acceptors (Lipinski definition) is 4. The van der Waals surface area contributed by atoms with Gasteiger partial charge in [-0.15, -0.1) is 0 Å². The molecular weight excluding hydrogens is 233 g/mol. The van der Waals surface area contributed by atoms with Crippen LogP contribution in [0.1, 0.15) is 6.92 Å². The van der Waals surface area contributed by atoms with E-state index in [9.17, 15) is 9.82 Å². The second kappa shape index (κ2) is 6.95. The average molecular weight is 249 g/mol. The Morgan fingerprint density at radius 3 is 2.89 bits per heavy atom. The predicted molar refractivity (Wildman–Crippen MR) is 70.5 cm³/mol. The van der Waals surface area contributed by atoms with E-state index in [1.54, 1.807) is 31.2 Å². The number of rotatable bonds is 6. The first-order valence-electron chi connectivity index (χ1n) is 5.52. The normalized spacial score (nSPS) is 9.94. The minimum Gasteiger partial charge on any atom is -0.423 e. The van der Waals surface area contributed by atoms with Gasteiger partial charge in [-0.1, -0.05) is 18.7 Å². The van der Waals surface area contributed by atoms with Gasteiger partial charge in [-0.05, 0) is 24.5 Å². The summed E-state index contributed by atoms with van der Waals surface area (Å²) in [7, 11) is -1.13. The van der Waals surface area contributed by atoms with Gasteiger partial charge >= 0.3 is 7.12 Å². The second-order valence-electron chi connectivity index (χ2n) is 3.81. The number of carbonyl (C=O) groups is 1. The van der Waals surface area contributed by atoms with E-state index in [4.69, 9.17) is 9.76 Å². The van der Waals surface area contributed by atoms with Crippen molar-refractivity contribution >= 4 is 24.2 Å². The maximum absolute atomic E-state index is 11.4. The van der Waals surface area contributed by atoms with Gasteiger partial charge in [-0.2, -0.15) is 0 Å². The van der Waals surface area contributed by atoms with Crippen LogP contribution in [0.2, 0.25) is 0 Å². The number of carbonyl (C=O) groups excluding carboxylic acids is 1. The largest absolute Gasteiger partial charge is 0.491 e. The van der Waals surface area contributed by atoms with Crippen LogP contribution in [0.3, 0.4) is 0 Å². The molecule has 5 nitrogen and oxygen atoms in total. The molecule has 0 aliphatic carbocycles. The van der Waals surface area contributed by atoms with Crippen LogP contribution in [0.5, 0.6) is 0 Å². The molecule has 0 aromatic heterocycles. The molecule has 0 unspecified atom stereocenters. The fraction of sp³-hybridized carbons (Fsp3) is 0.250. The van der Waals surface area contributed by atoms with Crippen LogP contribution < -0.4 is 10.8 Å². The SMILES string of the molecule is C=C(C)C(=O)Nc1cccc(B(O)OCCO)c1. The molecule has 1 rings (SSSR count). The van der Waals surface area contributed by atoms with Crippen molar-refractivity contribution < 1.29 is 19.6 Å². The highest BCUT2D eigenvalue weighted by atomic mass is 16.5. The number of aliphatic hydroxyl groups excluding tert-OH is 1. The number of hydrogen-bond donors (Lipinski definition) is 3. The van der Waals surface area contributed by atoms with Crippen molar-refractivity contribution in [3.63, 3.8) is 0 Å². The third-order valence-corrected chi connectivity index (χ3v) is 2.18. The Morgan fingerprint density at radius 2 is 2.28 bits per heavy atom. The zero-order chi connectivity index (χ0) is 13.5. The van der Waals surface area contributed by atoms with Crippen LogP contribution in [-0.2, 0) is 9.45 Å². The lowest BCUT2D eigenvalue weighted by Crippen LogP contribution is -2.34. The predicted octanol–water partition coefficient (Wildman–Crippen LogP) is -0.102.